The second-order valence-corrected chi connectivity index (χ2v) is 6.62. The Balaban J connectivity index is 1.40. The molecule has 7 nitrogen and oxygen atoms in total. The zero-order valence-corrected chi connectivity index (χ0v) is 15.0. The molecule has 0 spiro atoms. The SMILES string of the molecule is Cn1cc([C@H]2CNC[C@@H]2C(=O)Nc2ccc(Oc3ccncc3)cc2)cn1. The molecule has 0 bridgehead atoms. The molecule has 1 aliphatic rings. The molecule has 2 aromatic heterocycles. The average molecular weight is 363 g/mol. The molecule has 0 saturated carbocycles. The number of hydrogen-bond donors (Lipinski definition) is 2. The summed E-state index contributed by atoms with van der Waals surface area (Å²) in [5.74, 6) is 1.44. The maximum absolute atomic E-state index is 12.8. The number of pyridine rings is 1. The van der Waals surface area contributed by atoms with E-state index in [1.54, 1.807) is 29.2 Å². The van der Waals surface area contributed by atoms with Crippen molar-refractivity contribution in [3.63, 3.8) is 0 Å². The zero-order chi connectivity index (χ0) is 18.6. The summed E-state index contributed by atoms with van der Waals surface area (Å²) in [6, 6.07) is 10.9. The highest BCUT2D eigenvalue weighted by atomic mass is 16.5. The maximum Gasteiger partial charge on any atom is 0.229 e. The standard InChI is InChI=1S/C20H21N5O2/c1-25-13-14(10-23-25)18-11-22-12-19(18)20(26)24-15-2-4-16(5-3-15)27-17-6-8-21-9-7-17/h2-10,13,18-19,22H,11-12H2,1H3,(H,24,26)/t18-,19+/m1/s1. The van der Waals surface area contributed by atoms with Crippen molar-refractivity contribution in [3.05, 3.63) is 66.7 Å². The van der Waals surface area contributed by atoms with E-state index in [0.29, 0.717) is 12.3 Å². The highest BCUT2D eigenvalue weighted by Gasteiger charge is 2.34. The topological polar surface area (TPSA) is 81.1 Å². The maximum atomic E-state index is 12.8. The van der Waals surface area contributed by atoms with Crippen LogP contribution in [0.5, 0.6) is 11.5 Å². The van der Waals surface area contributed by atoms with Crippen molar-refractivity contribution >= 4 is 11.6 Å². The van der Waals surface area contributed by atoms with E-state index in [0.717, 1.165) is 23.5 Å². The van der Waals surface area contributed by atoms with Crippen LogP contribution in [0.1, 0.15) is 11.5 Å². The van der Waals surface area contributed by atoms with E-state index in [1.165, 1.54) is 0 Å². The summed E-state index contributed by atoms with van der Waals surface area (Å²) in [6.07, 6.45) is 7.17. The van der Waals surface area contributed by atoms with Crippen molar-refractivity contribution in [1.29, 1.82) is 0 Å². The summed E-state index contributed by atoms with van der Waals surface area (Å²) in [4.78, 5) is 16.7. The predicted molar refractivity (Wildman–Crippen MR) is 102 cm³/mol. The molecule has 2 atom stereocenters. The quantitative estimate of drug-likeness (QED) is 0.728. The summed E-state index contributed by atoms with van der Waals surface area (Å²) in [5.41, 5.74) is 1.84. The normalized spacial score (nSPS) is 19.0. The first kappa shape index (κ1) is 17.2. The van der Waals surface area contributed by atoms with Crippen molar-refractivity contribution in [2.24, 2.45) is 13.0 Å². The first-order valence-electron chi connectivity index (χ1n) is 8.87. The minimum atomic E-state index is -0.123. The number of carbonyl (C=O) groups is 1. The molecule has 4 rings (SSSR count). The molecular weight excluding hydrogens is 342 g/mol. The second-order valence-electron chi connectivity index (χ2n) is 6.62. The van der Waals surface area contributed by atoms with Crippen LogP contribution in [-0.4, -0.2) is 33.8 Å². The molecule has 0 aliphatic carbocycles. The average Bonchev–Trinajstić information content (AvgIpc) is 3.33. The number of aromatic nitrogens is 3. The van der Waals surface area contributed by atoms with Gasteiger partial charge in [-0.2, -0.15) is 5.10 Å². The van der Waals surface area contributed by atoms with Gasteiger partial charge in [-0.25, -0.2) is 0 Å². The van der Waals surface area contributed by atoms with Crippen molar-refractivity contribution in [2.75, 3.05) is 18.4 Å². The Morgan fingerprint density at radius 3 is 2.59 bits per heavy atom. The Hall–Kier alpha value is -3.19. The Bertz CT molecular complexity index is 908. The van der Waals surface area contributed by atoms with E-state index in [4.69, 9.17) is 4.74 Å². The van der Waals surface area contributed by atoms with Crippen LogP contribution in [0.25, 0.3) is 0 Å². The minimum absolute atomic E-state index is 0.0108. The Labute approximate surface area is 157 Å². The lowest BCUT2D eigenvalue weighted by molar-refractivity contribution is -0.119. The van der Waals surface area contributed by atoms with Gasteiger partial charge in [0.15, 0.2) is 0 Å². The van der Waals surface area contributed by atoms with Crippen LogP contribution in [0.15, 0.2) is 61.2 Å². The Morgan fingerprint density at radius 2 is 1.89 bits per heavy atom. The number of nitrogens with one attached hydrogen (secondary N) is 2. The molecular formula is C20H21N5O2. The van der Waals surface area contributed by atoms with Crippen LogP contribution >= 0.6 is 0 Å². The van der Waals surface area contributed by atoms with Crippen molar-refractivity contribution in [1.82, 2.24) is 20.1 Å². The van der Waals surface area contributed by atoms with Gasteiger partial charge in [0, 0.05) is 50.3 Å². The van der Waals surface area contributed by atoms with Crippen LogP contribution in [0.4, 0.5) is 5.69 Å². The molecule has 1 aliphatic heterocycles. The van der Waals surface area contributed by atoms with Gasteiger partial charge in [-0.15, -0.1) is 0 Å². The minimum Gasteiger partial charge on any atom is -0.457 e. The fraction of sp³-hybridized carbons (Fsp3) is 0.250. The van der Waals surface area contributed by atoms with Gasteiger partial charge in [-0.3, -0.25) is 14.5 Å². The first-order chi connectivity index (χ1) is 13.2. The molecule has 1 fully saturated rings. The lowest BCUT2D eigenvalue weighted by Crippen LogP contribution is -2.28. The van der Waals surface area contributed by atoms with Crippen LogP contribution < -0.4 is 15.4 Å². The molecule has 7 heteroatoms. The van der Waals surface area contributed by atoms with Crippen molar-refractivity contribution in [3.8, 4) is 11.5 Å². The molecule has 27 heavy (non-hydrogen) atoms. The van der Waals surface area contributed by atoms with Gasteiger partial charge in [0.1, 0.15) is 11.5 Å². The Morgan fingerprint density at radius 1 is 1.15 bits per heavy atom. The van der Waals surface area contributed by atoms with Gasteiger partial charge in [0.2, 0.25) is 5.91 Å². The first-order valence-corrected chi connectivity index (χ1v) is 8.87. The monoisotopic (exact) mass is 363 g/mol. The number of benzene rings is 1. The lowest BCUT2D eigenvalue weighted by atomic mass is 9.90. The van der Waals surface area contributed by atoms with Crippen molar-refractivity contribution < 1.29 is 9.53 Å². The summed E-state index contributed by atoms with van der Waals surface area (Å²) in [5, 5.41) is 10.5. The number of ether oxygens (including phenoxy) is 1. The highest BCUT2D eigenvalue weighted by molar-refractivity contribution is 5.93. The third kappa shape index (κ3) is 3.98. The molecule has 1 aromatic carbocycles. The smallest absolute Gasteiger partial charge is 0.229 e. The van der Waals surface area contributed by atoms with Gasteiger partial charge in [-0.1, -0.05) is 0 Å². The molecule has 3 aromatic rings. The molecule has 0 unspecified atom stereocenters. The lowest BCUT2D eigenvalue weighted by Gasteiger charge is -2.17. The number of aryl methyl sites for hydroxylation is 1. The summed E-state index contributed by atoms with van der Waals surface area (Å²) >= 11 is 0. The summed E-state index contributed by atoms with van der Waals surface area (Å²) in [7, 11) is 1.89. The van der Waals surface area contributed by atoms with Gasteiger partial charge in [0.25, 0.3) is 0 Å². The number of rotatable bonds is 5. The molecule has 0 radical (unpaired) electrons. The van der Waals surface area contributed by atoms with E-state index in [2.05, 4.69) is 20.7 Å². The van der Waals surface area contributed by atoms with Gasteiger partial charge >= 0.3 is 0 Å². The van der Waals surface area contributed by atoms with Gasteiger partial charge in [0.05, 0.1) is 12.1 Å². The predicted octanol–water partition coefficient (Wildman–Crippen LogP) is 2.55. The van der Waals surface area contributed by atoms with E-state index in [9.17, 15) is 4.79 Å². The largest absolute Gasteiger partial charge is 0.457 e. The van der Waals surface area contributed by atoms with Crippen LogP contribution in [0.2, 0.25) is 0 Å². The number of hydrogen-bond acceptors (Lipinski definition) is 5. The number of nitrogens with zero attached hydrogens (tertiary/aromatic N) is 3. The fourth-order valence-corrected chi connectivity index (χ4v) is 3.32. The molecule has 1 amide bonds. The van der Waals surface area contributed by atoms with Gasteiger partial charge in [-0.05, 0) is 42.0 Å². The highest BCUT2D eigenvalue weighted by Crippen LogP contribution is 2.29. The molecule has 138 valence electrons. The van der Waals surface area contributed by atoms with Crippen molar-refractivity contribution in [2.45, 2.75) is 5.92 Å². The van der Waals surface area contributed by atoms with E-state index >= 15 is 0 Å². The van der Waals surface area contributed by atoms with Crippen LogP contribution in [0.3, 0.4) is 0 Å². The molecule has 1 saturated heterocycles. The fourth-order valence-electron chi connectivity index (χ4n) is 3.32. The second kappa shape index (κ2) is 7.59. The van der Waals surface area contributed by atoms with Crippen LogP contribution in [0, 0.1) is 5.92 Å². The zero-order valence-electron chi connectivity index (χ0n) is 15.0. The summed E-state index contributed by atoms with van der Waals surface area (Å²) in [6.45, 7) is 1.44. The third-order valence-corrected chi connectivity index (χ3v) is 4.71. The van der Waals surface area contributed by atoms with E-state index in [-0.39, 0.29) is 17.7 Å². The third-order valence-electron chi connectivity index (χ3n) is 4.71. The molecule has 3 heterocycles. The van der Waals surface area contributed by atoms with E-state index in [1.807, 2.05) is 43.7 Å². The van der Waals surface area contributed by atoms with Crippen LogP contribution in [-0.2, 0) is 11.8 Å². The number of anilines is 1. The summed E-state index contributed by atoms with van der Waals surface area (Å²) < 4.78 is 7.51. The van der Waals surface area contributed by atoms with Gasteiger partial charge < -0.3 is 15.4 Å². The Kier molecular flexibility index (Phi) is 4.84. The number of carbonyl (C=O) groups excluding carboxylic acids is 1. The molecule has 2 N–H and O–H groups in total. The number of amides is 1. The van der Waals surface area contributed by atoms with E-state index < -0.39 is 0 Å².